The van der Waals surface area contributed by atoms with Gasteiger partial charge in [-0.05, 0) is 30.7 Å². The van der Waals surface area contributed by atoms with Gasteiger partial charge in [0.15, 0.2) is 0 Å². The zero-order valence-electron chi connectivity index (χ0n) is 14.9. The van der Waals surface area contributed by atoms with E-state index in [1.54, 1.807) is 18.2 Å². The molecule has 0 aliphatic heterocycles. The average molecular weight is 439 g/mol. The van der Waals surface area contributed by atoms with Gasteiger partial charge < -0.3 is 10.4 Å². The van der Waals surface area contributed by atoms with E-state index < -0.39 is 11.7 Å². The molecule has 0 fully saturated rings. The number of hydrogen-bond acceptors (Lipinski definition) is 4. The smallest absolute Gasteiger partial charge is 0.291 e. The van der Waals surface area contributed by atoms with Gasteiger partial charge in [0.05, 0.1) is 33.7 Å². The summed E-state index contributed by atoms with van der Waals surface area (Å²) in [6.07, 6.45) is 1.22. The van der Waals surface area contributed by atoms with Crippen LogP contribution in [0.2, 0.25) is 15.1 Å². The summed E-state index contributed by atoms with van der Waals surface area (Å²) in [7, 11) is 0. The Hall–Kier alpha value is -2.05. The van der Waals surface area contributed by atoms with Crippen molar-refractivity contribution in [3.05, 3.63) is 85.7 Å². The number of rotatable bonds is 6. The quantitative estimate of drug-likeness (QED) is 0.590. The monoisotopic (exact) mass is 437 g/mol. The van der Waals surface area contributed by atoms with Crippen molar-refractivity contribution in [1.29, 1.82) is 0 Å². The summed E-state index contributed by atoms with van der Waals surface area (Å²) in [4.78, 5) is 12.2. The highest BCUT2D eigenvalue weighted by Gasteiger charge is 2.17. The normalized spacial score (nSPS) is 13.2. The molecule has 1 heterocycles. The number of nitrogens with one attached hydrogen (secondary N) is 1. The highest BCUT2D eigenvalue weighted by Crippen LogP contribution is 2.26. The van der Waals surface area contributed by atoms with Crippen molar-refractivity contribution in [2.24, 2.45) is 0 Å². The molecule has 8 heteroatoms. The van der Waals surface area contributed by atoms with Gasteiger partial charge in [-0.25, -0.2) is 0 Å². The maximum atomic E-state index is 12.2. The Kier molecular flexibility index (Phi) is 6.62. The van der Waals surface area contributed by atoms with Crippen molar-refractivity contribution < 1.29 is 5.11 Å². The lowest BCUT2D eigenvalue weighted by Gasteiger charge is -2.22. The molecule has 2 N–H and O–H groups in total. The molecule has 0 radical (unpaired) electrons. The van der Waals surface area contributed by atoms with Crippen LogP contribution in [-0.2, 0) is 6.42 Å². The van der Waals surface area contributed by atoms with Crippen molar-refractivity contribution in [1.82, 2.24) is 9.78 Å². The highest BCUT2D eigenvalue weighted by molar-refractivity contribution is 6.41. The van der Waals surface area contributed by atoms with Gasteiger partial charge in [-0.1, -0.05) is 65.1 Å². The Morgan fingerprint density at radius 1 is 1.11 bits per heavy atom. The van der Waals surface area contributed by atoms with E-state index in [4.69, 9.17) is 34.8 Å². The Morgan fingerprint density at radius 2 is 1.82 bits per heavy atom. The minimum atomic E-state index is -0.600. The first kappa shape index (κ1) is 20.7. The van der Waals surface area contributed by atoms with Crippen molar-refractivity contribution in [3.63, 3.8) is 0 Å². The van der Waals surface area contributed by atoms with Crippen molar-refractivity contribution in [3.8, 4) is 5.69 Å². The molecule has 0 amide bonds. The minimum absolute atomic E-state index is 0.0912. The average Bonchev–Trinajstić information content (AvgIpc) is 2.68. The number of hydrogen-bond donors (Lipinski definition) is 2. The standard InChI is InChI=1S/C20H18Cl3N3O2/c1-12(18(27)9-13-5-3-2-4-6-13)25-17-8-7-14(10-15(17)21)26-20(28)19(23)16(22)11-24-26/h2-8,10-12,18,25,27H,9H2,1H3. The molecular weight excluding hydrogens is 421 g/mol. The number of nitrogens with zero attached hydrogens (tertiary/aromatic N) is 2. The van der Waals surface area contributed by atoms with Gasteiger partial charge in [0.25, 0.3) is 5.56 Å². The zero-order valence-corrected chi connectivity index (χ0v) is 17.2. The van der Waals surface area contributed by atoms with Gasteiger partial charge in [0.1, 0.15) is 5.02 Å². The van der Waals surface area contributed by atoms with Gasteiger partial charge in [-0.15, -0.1) is 0 Å². The summed E-state index contributed by atoms with van der Waals surface area (Å²) >= 11 is 18.1. The van der Waals surface area contributed by atoms with Crippen LogP contribution in [0.25, 0.3) is 5.69 Å². The maximum Gasteiger partial charge on any atom is 0.291 e. The van der Waals surface area contributed by atoms with Gasteiger partial charge >= 0.3 is 0 Å². The molecule has 0 bridgehead atoms. The summed E-state index contributed by atoms with van der Waals surface area (Å²) in [5.41, 5.74) is 1.61. The lowest BCUT2D eigenvalue weighted by Crippen LogP contribution is -2.32. The van der Waals surface area contributed by atoms with Crippen LogP contribution >= 0.6 is 34.8 Å². The molecule has 146 valence electrons. The van der Waals surface area contributed by atoms with Crippen LogP contribution in [0.1, 0.15) is 12.5 Å². The highest BCUT2D eigenvalue weighted by atomic mass is 35.5. The van der Waals surface area contributed by atoms with Crippen LogP contribution in [0.15, 0.2) is 59.5 Å². The number of aromatic nitrogens is 2. The van der Waals surface area contributed by atoms with E-state index in [0.29, 0.717) is 22.8 Å². The Morgan fingerprint density at radius 3 is 2.50 bits per heavy atom. The van der Waals surface area contributed by atoms with E-state index in [1.807, 2.05) is 37.3 Å². The SMILES string of the molecule is CC(Nc1ccc(-n2ncc(Cl)c(Cl)c2=O)cc1Cl)C(O)Cc1ccccc1. The molecule has 0 spiro atoms. The van der Waals surface area contributed by atoms with Crippen LogP contribution < -0.4 is 10.9 Å². The fourth-order valence-electron chi connectivity index (χ4n) is 2.72. The molecular formula is C20H18Cl3N3O2. The van der Waals surface area contributed by atoms with Crippen LogP contribution in [-0.4, -0.2) is 27.0 Å². The fraction of sp³-hybridized carbons (Fsp3) is 0.200. The van der Waals surface area contributed by atoms with Crippen LogP contribution in [0.5, 0.6) is 0 Å². The number of aliphatic hydroxyl groups is 1. The molecule has 5 nitrogen and oxygen atoms in total. The van der Waals surface area contributed by atoms with Gasteiger partial charge in [-0.3, -0.25) is 4.79 Å². The molecule has 2 aromatic carbocycles. The van der Waals surface area contributed by atoms with E-state index in [2.05, 4.69) is 10.4 Å². The van der Waals surface area contributed by atoms with Crippen LogP contribution in [0.4, 0.5) is 5.69 Å². The number of aliphatic hydroxyl groups excluding tert-OH is 1. The number of benzene rings is 2. The van der Waals surface area contributed by atoms with E-state index in [0.717, 1.165) is 10.2 Å². The summed E-state index contributed by atoms with van der Waals surface area (Å²) < 4.78 is 1.12. The van der Waals surface area contributed by atoms with E-state index in [9.17, 15) is 9.90 Å². The molecule has 3 rings (SSSR count). The number of anilines is 1. The lowest BCUT2D eigenvalue weighted by atomic mass is 10.0. The van der Waals surface area contributed by atoms with Crippen molar-refractivity contribution in [2.45, 2.75) is 25.5 Å². The molecule has 0 saturated carbocycles. The molecule has 0 saturated heterocycles. The predicted molar refractivity (Wildman–Crippen MR) is 114 cm³/mol. The molecule has 3 aromatic rings. The van der Waals surface area contributed by atoms with Crippen LogP contribution in [0.3, 0.4) is 0 Å². The second-order valence-electron chi connectivity index (χ2n) is 6.38. The summed E-state index contributed by atoms with van der Waals surface area (Å²) in [5, 5.41) is 18.0. The second-order valence-corrected chi connectivity index (χ2v) is 7.57. The van der Waals surface area contributed by atoms with Gasteiger partial charge in [0, 0.05) is 12.5 Å². The van der Waals surface area contributed by atoms with E-state index in [1.165, 1.54) is 6.20 Å². The summed E-state index contributed by atoms with van der Waals surface area (Å²) in [6.45, 7) is 1.88. The second kappa shape index (κ2) is 8.97. The Bertz CT molecular complexity index is 1020. The topological polar surface area (TPSA) is 67.2 Å². The van der Waals surface area contributed by atoms with E-state index in [-0.39, 0.29) is 16.1 Å². The first-order valence-electron chi connectivity index (χ1n) is 8.58. The molecule has 0 aliphatic rings. The Balaban J connectivity index is 1.76. The fourth-order valence-corrected chi connectivity index (χ4v) is 3.21. The van der Waals surface area contributed by atoms with Gasteiger partial charge in [-0.2, -0.15) is 9.78 Å². The van der Waals surface area contributed by atoms with Gasteiger partial charge in [0.2, 0.25) is 0 Å². The predicted octanol–water partition coefficient (Wildman–Crippen LogP) is 4.60. The lowest BCUT2D eigenvalue weighted by molar-refractivity contribution is 0.158. The van der Waals surface area contributed by atoms with Crippen molar-refractivity contribution in [2.75, 3.05) is 5.32 Å². The third-order valence-electron chi connectivity index (χ3n) is 4.32. The first-order valence-corrected chi connectivity index (χ1v) is 9.72. The van der Waals surface area contributed by atoms with E-state index >= 15 is 0 Å². The maximum absolute atomic E-state index is 12.2. The third-order valence-corrected chi connectivity index (χ3v) is 5.38. The summed E-state index contributed by atoms with van der Waals surface area (Å²) in [5.74, 6) is 0. The third kappa shape index (κ3) is 4.67. The Labute approximate surface area is 177 Å². The minimum Gasteiger partial charge on any atom is -0.391 e. The molecule has 2 unspecified atom stereocenters. The molecule has 28 heavy (non-hydrogen) atoms. The summed E-state index contributed by atoms with van der Waals surface area (Å²) in [6, 6.07) is 14.5. The first-order chi connectivity index (χ1) is 13.4. The van der Waals surface area contributed by atoms with Crippen LogP contribution in [0, 0.1) is 0 Å². The molecule has 0 aliphatic carbocycles. The largest absolute Gasteiger partial charge is 0.391 e. The molecule has 1 aromatic heterocycles. The molecule has 2 atom stereocenters. The number of halogens is 3. The van der Waals surface area contributed by atoms with Crippen molar-refractivity contribution >= 4 is 40.5 Å². The zero-order chi connectivity index (χ0) is 20.3.